The molecule has 0 saturated heterocycles. The number of aryl methyl sites for hydroxylation is 1. The van der Waals surface area contributed by atoms with E-state index in [2.05, 4.69) is 5.32 Å². The van der Waals surface area contributed by atoms with E-state index in [1.165, 1.54) is 13.0 Å². The molecular weight excluding hydrogens is 316 g/mol. The van der Waals surface area contributed by atoms with Crippen LogP contribution in [0.15, 0.2) is 12.1 Å². The molecule has 0 aliphatic rings. The minimum atomic E-state index is -4.44. The van der Waals surface area contributed by atoms with Crippen LogP contribution in [0.4, 0.5) is 18.9 Å². The standard InChI is InChI=1S/C12H13Cl2F3N2O/c1-6-3-9(14)10(4-8(6)13)19-7(2)11(20)18-5-12(15,16)17/h3-4,7,19H,5H2,1-2H3,(H,18,20). The summed E-state index contributed by atoms with van der Waals surface area (Å²) in [5, 5.41) is 5.28. The lowest BCUT2D eigenvalue weighted by molar-refractivity contribution is -0.138. The van der Waals surface area contributed by atoms with Crippen LogP contribution in [0.2, 0.25) is 10.0 Å². The van der Waals surface area contributed by atoms with Crippen LogP contribution in [-0.2, 0) is 4.79 Å². The summed E-state index contributed by atoms with van der Waals surface area (Å²) >= 11 is 11.9. The Morgan fingerprint density at radius 3 is 2.45 bits per heavy atom. The Morgan fingerprint density at radius 2 is 1.90 bits per heavy atom. The van der Waals surface area contributed by atoms with Crippen molar-refractivity contribution >= 4 is 34.8 Å². The molecule has 0 aliphatic carbocycles. The van der Waals surface area contributed by atoms with Crippen LogP contribution in [0.5, 0.6) is 0 Å². The van der Waals surface area contributed by atoms with Crippen LogP contribution in [0.25, 0.3) is 0 Å². The molecule has 112 valence electrons. The first-order chi connectivity index (χ1) is 9.10. The third-order valence-electron chi connectivity index (χ3n) is 2.48. The van der Waals surface area contributed by atoms with Gasteiger partial charge in [0.15, 0.2) is 0 Å². The lowest BCUT2D eigenvalue weighted by atomic mass is 10.2. The molecule has 0 aromatic heterocycles. The molecule has 2 N–H and O–H groups in total. The third-order valence-corrected chi connectivity index (χ3v) is 3.20. The fourth-order valence-electron chi connectivity index (χ4n) is 1.40. The topological polar surface area (TPSA) is 41.1 Å². The zero-order valence-electron chi connectivity index (χ0n) is 10.7. The first-order valence-corrected chi connectivity index (χ1v) is 6.42. The molecule has 1 aromatic carbocycles. The van der Waals surface area contributed by atoms with Crippen LogP contribution in [0.1, 0.15) is 12.5 Å². The van der Waals surface area contributed by atoms with Crippen molar-refractivity contribution in [2.45, 2.75) is 26.1 Å². The Labute approximate surface area is 124 Å². The molecule has 0 heterocycles. The molecule has 20 heavy (non-hydrogen) atoms. The van der Waals surface area contributed by atoms with Crippen molar-refractivity contribution in [1.29, 1.82) is 0 Å². The summed E-state index contributed by atoms with van der Waals surface area (Å²) in [6.07, 6.45) is -4.44. The van der Waals surface area contributed by atoms with Gasteiger partial charge in [0.05, 0.1) is 10.7 Å². The average Bonchev–Trinajstić information content (AvgIpc) is 2.31. The SMILES string of the molecule is Cc1cc(Cl)c(NC(C)C(=O)NCC(F)(F)F)cc1Cl. The molecular formula is C12H13Cl2F3N2O. The maximum Gasteiger partial charge on any atom is 0.405 e. The van der Waals surface area contributed by atoms with E-state index >= 15 is 0 Å². The molecule has 0 bridgehead atoms. The fourth-order valence-corrected chi connectivity index (χ4v) is 1.83. The average molecular weight is 329 g/mol. The number of halogens is 5. The van der Waals surface area contributed by atoms with E-state index in [0.29, 0.717) is 15.7 Å². The molecule has 1 amide bonds. The predicted octanol–water partition coefficient (Wildman–Crippen LogP) is 3.78. The van der Waals surface area contributed by atoms with Gasteiger partial charge in [-0.25, -0.2) is 0 Å². The highest BCUT2D eigenvalue weighted by molar-refractivity contribution is 6.35. The molecule has 1 rings (SSSR count). The fraction of sp³-hybridized carbons (Fsp3) is 0.417. The molecule has 8 heteroatoms. The van der Waals surface area contributed by atoms with Gasteiger partial charge in [-0.15, -0.1) is 0 Å². The summed E-state index contributed by atoms with van der Waals surface area (Å²) in [4.78, 5) is 11.5. The minimum Gasteiger partial charge on any atom is -0.373 e. The summed E-state index contributed by atoms with van der Waals surface area (Å²) in [5.74, 6) is -0.782. The highest BCUT2D eigenvalue weighted by Crippen LogP contribution is 2.29. The summed E-state index contributed by atoms with van der Waals surface area (Å²) in [5.41, 5.74) is 1.15. The van der Waals surface area contributed by atoms with E-state index in [4.69, 9.17) is 23.2 Å². The zero-order chi connectivity index (χ0) is 15.5. The second-order valence-corrected chi connectivity index (χ2v) is 5.09. The van der Waals surface area contributed by atoms with Crippen molar-refractivity contribution in [2.24, 2.45) is 0 Å². The van der Waals surface area contributed by atoms with Crippen molar-refractivity contribution < 1.29 is 18.0 Å². The van der Waals surface area contributed by atoms with Crippen LogP contribution in [-0.4, -0.2) is 24.7 Å². The molecule has 0 aliphatic heterocycles. The van der Waals surface area contributed by atoms with E-state index in [9.17, 15) is 18.0 Å². The second kappa shape index (κ2) is 6.54. The molecule has 3 nitrogen and oxygen atoms in total. The van der Waals surface area contributed by atoms with Gasteiger partial charge >= 0.3 is 6.18 Å². The molecule has 1 aromatic rings. The number of alkyl halides is 3. The number of amides is 1. The number of carbonyl (C=O) groups is 1. The lowest BCUT2D eigenvalue weighted by Gasteiger charge is -2.17. The van der Waals surface area contributed by atoms with Gasteiger partial charge in [0.2, 0.25) is 5.91 Å². The highest BCUT2D eigenvalue weighted by Gasteiger charge is 2.28. The van der Waals surface area contributed by atoms with Crippen LogP contribution < -0.4 is 10.6 Å². The Morgan fingerprint density at radius 1 is 1.30 bits per heavy atom. The quantitative estimate of drug-likeness (QED) is 0.883. The number of carbonyl (C=O) groups excluding carboxylic acids is 1. The van der Waals surface area contributed by atoms with Gasteiger partial charge in [0.1, 0.15) is 12.6 Å². The van der Waals surface area contributed by atoms with E-state index < -0.39 is 24.7 Å². The van der Waals surface area contributed by atoms with Gasteiger partial charge in [-0.3, -0.25) is 4.79 Å². The van der Waals surface area contributed by atoms with Gasteiger partial charge < -0.3 is 10.6 Å². The maximum atomic E-state index is 12.0. The van der Waals surface area contributed by atoms with Gasteiger partial charge in [-0.05, 0) is 31.5 Å². The smallest absolute Gasteiger partial charge is 0.373 e. The summed E-state index contributed by atoms with van der Waals surface area (Å²) in [7, 11) is 0. The number of nitrogens with one attached hydrogen (secondary N) is 2. The van der Waals surface area contributed by atoms with Crippen molar-refractivity contribution in [1.82, 2.24) is 5.32 Å². The lowest BCUT2D eigenvalue weighted by Crippen LogP contribution is -2.42. The van der Waals surface area contributed by atoms with Gasteiger partial charge in [0.25, 0.3) is 0 Å². The Bertz CT molecular complexity index is 506. The summed E-state index contributed by atoms with van der Waals surface area (Å²) in [6.45, 7) is 1.81. The van der Waals surface area contributed by atoms with Crippen molar-refractivity contribution in [3.8, 4) is 0 Å². The Balaban J connectivity index is 2.69. The van der Waals surface area contributed by atoms with Gasteiger partial charge in [-0.1, -0.05) is 23.2 Å². The molecule has 1 atom stereocenters. The molecule has 1 unspecified atom stereocenters. The third kappa shape index (κ3) is 5.09. The van der Waals surface area contributed by atoms with Crippen LogP contribution in [0.3, 0.4) is 0 Å². The van der Waals surface area contributed by atoms with Gasteiger partial charge in [-0.2, -0.15) is 13.2 Å². The predicted molar refractivity (Wildman–Crippen MR) is 73.3 cm³/mol. The monoisotopic (exact) mass is 328 g/mol. The van der Waals surface area contributed by atoms with Crippen molar-refractivity contribution in [3.05, 3.63) is 27.7 Å². The van der Waals surface area contributed by atoms with Crippen LogP contribution >= 0.6 is 23.2 Å². The van der Waals surface area contributed by atoms with Crippen LogP contribution in [0, 0.1) is 6.92 Å². The molecule has 0 radical (unpaired) electrons. The van der Waals surface area contributed by atoms with E-state index in [1.54, 1.807) is 18.3 Å². The highest BCUT2D eigenvalue weighted by atomic mass is 35.5. The number of anilines is 1. The number of benzene rings is 1. The molecule has 0 fully saturated rings. The van der Waals surface area contributed by atoms with Gasteiger partial charge in [0, 0.05) is 5.02 Å². The zero-order valence-corrected chi connectivity index (χ0v) is 12.2. The molecule has 0 saturated carbocycles. The minimum absolute atomic E-state index is 0.336. The molecule has 0 spiro atoms. The Hall–Kier alpha value is -1.14. The maximum absolute atomic E-state index is 12.0. The number of hydrogen-bond donors (Lipinski definition) is 2. The number of hydrogen-bond acceptors (Lipinski definition) is 2. The summed E-state index contributed by atoms with van der Waals surface area (Å²) < 4.78 is 36.0. The normalized spacial score (nSPS) is 12.9. The van der Waals surface area contributed by atoms with E-state index in [1.807, 2.05) is 0 Å². The first-order valence-electron chi connectivity index (χ1n) is 5.67. The summed E-state index contributed by atoms with van der Waals surface area (Å²) in [6, 6.07) is 2.24. The Kier molecular flexibility index (Phi) is 5.53. The first kappa shape index (κ1) is 16.9. The van der Waals surface area contributed by atoms with E-state index in [0.717, 1.165) is 5.56 Å². The second-order valence-electron chi connectivity index (χ2n) is 4.28. The van der Waals surface area contributed by atoms with Crippen molar-refractivity contribution in [3.63, 3.8) is 0 Å². The largest absolute Gasteiger partial charge is 0.405 e. The number of rotatable bonds is 4. The van der Waals surface area contributed by atoms with Crippen molar-refractivity contribution in [2.75, 3.05) is 11.9 Å². The van der Waals surface area contributed by atoms with E-state index in [-0.39, 0.29) is 0 Å².